The fourth-order valence-corrected chi connectivity index (χ4v) is 1.51. The molecule has 2 amide bonds. The third-order valence-electron chi connectivity index (χ3n) is 2.61. The number of carbonyl (C=O) groups is 2. The lowest BCUT2D eigenvalue weighted by atomic mass is 10.1. The molecule has 5 nitrogen and oxygen atoms in total. The predicted molar refractivity (Wildman–Crippen MR) is 74.6 cm³/mol. The van der Waals surface area contributed by atoms with Crippen molar-refractivity contribution in [3.8, 4) is 0 Å². The summed E-state index contributed by atoms with van der Waals surface area (Å²) in [7, 11) is 0. The Morgan fingerprint density at radius 1 is 1.32 bits per heavy atom. The summed E-state index contributed by atoms with van der Waals surface area (Å²) >= 11 is 0. The largest absolute Gasteiger partial charge is 0.352 e. The molecule has 0 saturated carbocycles. The van der Waals surface area contributed by atoms with Crippen molar-refractivity contribution in [3.05, 3.63) is 35.4 Å². The van der Waals surface area contributed by atoms with Gasteiger partial charge in [0.15, 0.2) is 0 Å². The van der Waals surface area contributed by atoms with Crippen LogP contribution in [-0.4, -0.2) is 24.4 Å². The molecule has 4 N–H and O–H groups in total. The lowest BCUT2D eigenvalue weighted by molar-refractivity contribution is -0.122. The maximum absolute atomic E-state index is 11.8. The van der Waals surface area contributed by atoms with Gasteiger partial charge in [-0.1, -0.05) is 19.1 Å². The Bertz CT molecular complexity index is 444. The van der Waals surface area contributed by atoms with Crippen LogP contribution < -0.4 is 16.4 Å². The van der Waals surface area contributed by atoms with Crippen LogP contribution >= 0.6 is 0 Å². The van der Waals surface area contributed by atoms with Crippen LogP contribution in [0.2, 0.25) is 0 Å². The molecule has 0 aliphatic rings. The number of rotatable bonds is 6. The normalized spacial score (nSPS) is 11.7. The van der Waals surface area contributed by atoms with Gasteiger partial charge in [0, 0.05) is 18.7 Å². The van der Waals surface area contributed by atoms with E-state index in [2.05, 4.69) is 10.6 Å². The van der Waals surface area contributed by atoms with Crippen molar-refractivity contribution in [2.75, 3.05) is 6.54 Å². The molecule has 0 fully saturated rings. The Kier molecular flexibility index (Phi) is 6.02. The first-order valence-electron chi connectivity index (χ1n) is 6.45. The number of nitrogens with one attached hydrogen (secondary N) is 2. The van der Waals surface area contributed by atoms with E-state index in [1.807, 2.05) is 13.0 Å². The van der Waals surface area contributed by atoms with Gasteiger partial charge in [0.2, 0.25) is 5.91 Å². The number of benzene rings is 1. The predicted octanol–water partition coefficient (Wildman–Crippen LogP) is 0.790. The van der Waals surface area contributed by atoms with Crippen molar-refractivity contribution in [3.63, 3.8) is 0 Å². The second-order valence-electron chi connectivity index (χ2n) is 4.46. The summed E-state index contributed by atoms with van der Waals surface area (Å²) in [6, 6.07) is 6.65. The number of nitrogens with two attached hydrogens (primary N) is 1. The highest BCUT2D eigenvalue weighted by molar-refractivity contribution is 5.94. The van der Waals surface area contributed by atoms with Gasteiger partial charge in [0.1, 0.15) is 0 Å². The van der Waals surface area contributed by atoms with E-state index in [0.29, 0.717) is 18.7 Å². The van der Waals surface area contributed by atoms with Gasteiger partial charge in [-0.15, -0.1) is 0 Å². The zero-order valence-electron chi connectivity index (χ0n) is 11.4. The van der Waals surface area contributed by atoms with E-state index in [4.69, 9.17) is 5.73 Å². The Hall–Kier alpha value is -1.88. The zero-order valence-corrected chi connectivity index (χ0v) is 11.4. The second-order valence-corrected chi connectivity index (χ2v) is 4.46. The zero-order chi connectivity index (χ0) is 14.3. The molecular weight excluding hydrogens is 242 g/mol. The highest BCUT2D eigenvalue weighted by Gasteiger charge is 2.08. The standard InChI is InChI=1S/C14H21N3O2/c1-3-7-16-14(19)12-6-4-5-11(8-12)9-17-13(18)10(2)15/h4-6,8,10H,3,7,9,15H2,1-2H3,(H,16,19)(H,17,18)/t10-/m1/s1. The second kappa shape index (κ2) is 7.53. The minimum absolute atomic E-state index is 0.0952. The molecule has 5 heteroatoms. The maximum Gasteiger partial charge on any atom is 0.251 e. The quantitative estimate of drug-likeness (QED) is 0.709. The molecule has 1 aromatic carbocycles. The molecule has 0 aliphatic carbocycles. The van der Waals surface area contributed by atoms with Gasteiger partial charge in [-0.05, 0) is 31.0 Å². The van der Waals surface area contributed by atoms with Crippen LogP contribution in [0.5, 0.6) is 0 Å². The van der Waals surface area contributed by atoms with Gasteiger partial charge in [-0.3, -0.25) is 9.59 Å². The Balaban J connectivity index is 2.61. The first-order valence-corrected chi connectivity index (χ1v) is 6.45. The van der Waals surface area contributed by atoms with Gasteiger partial charge in [0.25, 0.3) is 5.91 Å². The average Bonchev–Trinajstić information content (AvgIpc) is 2.42. The van der Waals surface area contributed by atoms with E-state index in [1.165, 1.54) is 0 Å². The van der Waals surface area contributed by atoms with Crippen molar-refractivity contribution in [1.82, 2.24) is 10.6 Å². The lowest BCUT2D eigenvalue weighted by Gasteiger charge is -2.09. The van der Waals surface area contributed by atoms with Gasteiger partial charge in [-0.25, -0.2) is 0 Å². The molecule has 0 heterocycles. The summed E-state index contributed by atoms with van der Waals surface area (Å²) in [5.41, 5.74) is 6.93. The van der Waals surface area contributed by atoms with Crippen LogP contribution in [0, 0.1) is 0 Å². The van der Waals surface area contributed by atoms with E-state index in [0.717, 1.165) is 12.0 Å². The summed E-state index contributed by atoms with van der Waals surface area (Å²) in [4.78, 5) is 23.1. The van der Waals surface area contributed by atoms with Crippen LogP contribution in [0.1, 0.15) is 36.2 Å². The first-order chi connectivity index (χ1) is 9.04. The van der Waals surface area contributed by atoms with Gasteiger partial charge in [0.05, 0.1) is 6.04 Å². The van der Waals surface area contributed by atoms with Crippen LogP contribution in [0.15, 0.2) is 24.3 Å². The fourth-order valence-electron chi connectivity index (χ4n) is 1.51. The molecule has 0 saturated heterocycles. The van der Waals surface area contributed by atoms with E-state index in [9.17, 15) is 9.59 Å². The number of carbonyl (C=O) groups excluding carboxylic acids is 2. The first kappa shape index (κ1) is 15.2. The molecule has 104 valence electrons. The van der Waals surface area contributed by atoms with Crippen LogP contribution in [0.4, 0.5) is 0 Å². The Morgan fingerprint density at radius 2 is 2.05 bits per heavy atom. The number of hydrogen-bond donors (Lipinski definition) is 3. The molecule has 19 heavy (non-hydrogen) atoms. The SMILES string of the molecule is CCCNC(=O)c1cccc(CNC(=O)[C@@H](C)N)c1. The van der Waals surface area contributed by atoms with Crippen molar-refractivity contribution < 1.29 is 9.59 Å². The fraction of sp³-hybridized carbons (Fsp3) is 0.429. The van der Waals surface area contributed by atoms with Crippen molar-refractivity contribution in [2.45, 2.75) is 32.9 Å². The van der Waals surface area contributed by atoms with Crippen molar-refractivity contribution in [1.29, 1.82) is 0 Å². The van der Waals surface area contributed by atoms with Gasteiger partial charge >= 0.3 is 0 Å². The molecule has 0 radical (unpaired) electrons. The van der Waals surface area contributed by atoms with Crippen molar-refractivity contribution >= 4 is 11.8 Å². The Morgan fingerprint density at radius 3 is 2.68 bits per heavy atom. The van der Waals surface area contributed by atoms with E-state index < -0.39 is 6.04 Å². The molecule has 0 spiro atoms. The highest BCUT2D eigenvalue weighted by atomic mass is 16.2. The van der Waals surface area contributed by atoms with Gasteiger partial charge in [-0.2, -0.15) is 0 Å². The molecule has 1 rings (SSSR count). The van der Waals surface area contributed by atoms with Crippen LogP contribution in [0.3, 0.4) is 0 Å². The molecular formula is C14H21N3O2. The molecule has 0 bridgehead atoms. The minimum atomic E-state index is -0.531. The molecule has 1 atom stereocenters. The number of hydrogen-bond acceptors (Lipinski definition) is 3. The minimum Gasteiger partial charge on any atom is -0.352 e. The van der Waals surface area contributed by atoms with Crippen LogP contribution in [-0.2, 0) is 11.3 Å². The molecule has 1 aromatic rings. The summed E-state index contributed by atoms with van der Waals surface area (Å²) in [5, 5.41) is 5.52. The molecule has 0 aromatic heterocycles. The summed E-state index contributed by atoms with van der Waals surface area (Å²) in [6.07, 6.45) is 0.899. The van der Waals surface area contributed by atoms with E-state index >= 15 is 0 Å². The Labute approximate surface area is 113 Å². The van der Waals surface area contributed by atoms with Crippen LogP contribution in [0.25, 0.3) is 0 Å². The topological polar surface area (TPSA) is 84.2 Å². The maximum atomic E-state index is 11.8. The molecule has 0 aliphatic heterocycles. The monoisotopic (exact) mass is 263 g/mol. The van der Waals surface area contributed by atoms with E-state index in [1.54, 1.807) is 25.1 Å². The third kappa shape index (κ3) is 5.09. The van der Waals surface area contributed by atoms with Crippen molar-refractivity contribution in [2.24, 2.45) is 5.73 Å². The highest BCUT2D eigenvalue weighted by Crippen LogP contribution is 2.05. The smallest absolute Gasteiger partial charge is 0.251 e. The van der Waals surface area contributed by atoms with E-state index in [-0.39, 0.29) is 11.8 Å². The summed E-state index contributed by atoms with van der Waals surface area (Å²) in [6.45, 7) is 4.66. The summed E-state index contributed by atoms with van der Waals surface area (Å²) < 4.78 is 0. The average molecular weight is 263 g/mol. The molecule has 0 unspecified atom stereocenters. The number of amides is 2. The lowest BCUT2D eigenvalue weighted by Crippen LogP contribution is -2.37. The van der Waals surface area contributed by atoms with Gasteiger partial charge < -0.3 is 16.4 Å². The summed E-state index contributed by atoms with van der Waals surface area (Å²) in [5.74, 6) is -0.303. The third-order valence-corrected chi connectivity index (χ3v) is 2.61.